The van der Waals surface area contributed by atoms with E-state index in [1.54, 1.807) is 18.2 Å². The maximum absolute atomic E-state index is 13.6. The fourth-order valence-electron chi connectivity index (χ4n) is 4.22. The van der Waals surface area contributed by atoms with Gasteiger partial charge in [-0.15, -0.1) is 0 Å². The van der Waals surface area contributed by atoms with Gasteiger partial charge < -0.3 is 10.1 Å². The van der Waals surface area contributed by atoms with Crippen LogP contribution in [0.1, 0.15) is 19.3 Å². The van der Waals surface area contributed by atoms with Crippen molar-refractivity contribution < 1.29 is 26.4 Å². The molecule has 208 valence electrons. The van der Waals surface area contributed by atoms with Gasteiger partial charge in [0.1, 0.15) is 12.3 Å². The zero-order chi connectivity index (χ0) is 28.2. The third-order valence-corrected chi connectivity index (χ3v) is 10.4. The van der Waals surface area contributed by atoms with Gasteiger partial charge in [-0.2, -0.15) is 4.31 Å². The number of hydrogen-bond acceptors (Lipinski definition) is 6. The quantitative estimate of drug-likeness (QED) is 0.364. The maximum atomic E-state index is 13.6. The molecular weight excluding hydrogens is 585 g/mol. The van der Waals surface area contributed by atoms with Crippen LogP contribution in [0.25, 0.3) is 0 Å². The molecular formula is C26H27Cl2N3O6S2. The Morgan fingerprint density at radius 3 is 2.26 bits per heavy atom. The van der Waals surface area contributed by atoms with Gasteiger partial charge in [0, 0.05) is 18.1 Å². The van der Waals surface area contributed by atoms with Crippen LogP contribution in [0, 0.1) is 0 Å². The molecule has 1 aliphatic heterocycles. The van der Waals surface area contributed by atoms with Crippen LogP contribution in [0.3, 0.4) is 0 Å². The number of carbonyl (C=O) groups excluding carboxylic acids is 1. The number of amides is 1. The number of hydrogen-bond donors (Lipinski definition) is 1. The lowest BCUT2D eigenvalue weighted by Crippen LogP contribution is -2.38. The monoisotopic (exact) mass is 611 g/mol. The van der Waals surface area contributed by atoms with E-state index < -0.39 is 32.5 Å². The molecule has 4 rings (SSSR count). The lowest BCUT2D eigenvalue weighted by Gasteiger charge is -2.26. The van der Waals surface area contributed by atoms with Gasteiger partial charge in [0.15, 0.2) is 0 Å². The molecule has 39 heavy (non-hydrogen) atoms. The first-order valence-electron chi connectivity index (χ1n) is 12.0. The lowest BCUT2D eigenvalue weighted by molar-refractivity contribution is -0.114. The second-order valence-corrected chi connectivity index (χ2v) is 13.4. The maximum Gasteiger partial charge on any atom is 0.264 e. The molecule has 3 aromatic rings. The highest BCUT2D eigenvalue weighted by Crippen LogP contribution is 2.34. The van der Waals surface area contributed by atoms with Crippen molar-refractivity contribution in [1.29, 1.82) is 0 Å². The summed E-state index contributed by atoms with van der Waals surface area (Å²) in [4.78, 5) is 13.2. The molecule has 1 aliphatic rings. The summed E-state index contributed by atoms with van der Waals surface area (Å²) in [5, 5.41) is 2.93. The Kier molecular flexibility index (Phi) is 9.07. The SMILES string of the molecule is COc1ccc(S(=O)(=O)N2CCCCC2)cc1NC(=O)CN(c1ccc(Cl)cc1Cl)S(=O)(=O)c1ccccc1. The van der Waals surface area contributed by atoms with E-state index in [4.69, 9.17) is 27.9 Å². The molecule has 0 aromatic heterocycles. The first kappa shape index (κ1) is 29.2. The average Bonchev–Trinajstić information content (AvgIpc) is 2.93. The predicted octanol–water partition coefficient (Wildman–Crippen LogP) is 5.01. The Morgan fingerprint density at radius 1 is 0.923 bits per heavy atom. The first-order valence-corrected chi connectivity index (χ1v) is 15.7. The average molecular weight is 613 g/mol. The number of anilines is 2. The minimum atomic E-state index is -4.23. The number of piperidine rings is 1. The summed E-state index contributed by atoms with van der Waals surface area (Å²) in [6.07, 6.45) is 2.52. The summed E-state index contributed by atoms with van der Waals surface area (Å²) in [5.74, 6) is -0.533. The molecule has 1 fully saturated rings. The van der Waals surface area contributed by atoms with Gasteiger partial charge in [-0.25, -0.2) is 16.8 Å². The van der Waals surface area contributed by atoms with Crippen molar-refractivity contribution in [2.24, 2.45) is 0 Å². The van der Waals surface area contributed by atoms with Crippen molar-refractivity contribution in [1.82, 2.24) is 4.31 Å². The fourth-order valence-corrected chi connectivity index (χ4v) is 7.79. The van der Waals surface area contributed by atoms with Crippen LogP contribution in [0.15, 0.2) is 76.5 Å². The number of rotatable bonds is 9. The van der Waals surface area contributed by atoms with Crippen molar-refractivity contribution >= 4 is 60.5 Å². The van der Waals surface area contributed by atoms with Gasteiger partial charge in [-0.1, -0.05) is 47.8 Å². The molecule has 0 radical (unpaired) electrons. The van der Waals surface area contributed by atoms with Crippen LogP contribution < -0.4 is 14.4 Å². The van der Waals surface area contributed by atoms with Gasteiger partial charge >= 0.3 is 0 Å². The summed E-state index contributed by atoms with van der Waals surface area (Å²) < 4.78 is 61.2. The zero-order valence-corrected chi connectivity index (χ0v) is 24.2. The molecule has 13 heteroatoms. The Bertz CT molecular complexity index is 1560. The molecule has 0 aliphatic carbocycles. The van der Waals surface area contributed by atoms with E-state index in [-0.39, 0.29) is 31.9 Å². The molecule has 3 aromatic carbocycles. The van der Waals surface area contributed by atoms with E-state index in [1.807, 2.05) is 0 Å². The Hall–Kier alpha value is -2.83. The van der Waals surface area contributed by atoms with E-state index in [9.17, 15) is 21.6 Å². The third kappa shape index (κ3) is 6.50. The van der Waals surface area contributed by atoms with Crippen LogP contribution in [-0.2, 0) is 24.8 Å². The predicted molar refractivity (Wildman–Crippen MR) is 152 cm³/mol. The van der Waals surface area contributed by atoms with E-state index in [1.165, 1.54) is 59.9 Å². The number of nitrogens with zero attached hydrogens (tertiary/aromatic N) is 2. The molecule has 9 nitrogen and oxygen atoms in total. The van der Waals surface area contributed by atoms with Crippen LogP contribution in [0.4, 0.5) is 11.4 Å². The van der Waals surface area contributed by atoms with Gasteiger partial charge in [-0.3, -0.25) is 9.10 Å². The largest absolute Gasteiger partial charge is 0.495 e. The molecule has 1 amide bonds. The summed E-state index contributed by atoms with van der Waals surface area (Å²) in [6.45, 7) is 0.180. The minimum Gasteiger partial charge on any atom is -0.495 e. The molecule has 0 spiro atoms. The van der Waals surface area contributed by atoms with E-state index in [0.717, 1.165) is 23.6 Å². The molecule has 1 N–H and O–H groups in total. The molecule has 0 bridgehead atoms. The highest BCUT2D eigenvalue weighted by atomic mass is 35.5. The van der Waals surface area contributed by atoms with Crippen LogP contribution in [0.5, 0.6) is 5.75 Å². The topological polar surface area (TPSA) is 113 Å². The summed E-state index contributed by atoms with van der Waals surface area (Å²) in [7, 11) is -6.64. The van der Waals surface area contributed by atoms with E-state index >= 15 is 0 Å². The zero-order valence-electron chi connectivity index (χ0n) is 21.0. The summed E-state index contributed by atoms with van der Waals surface area (Å²) in [6, 6.07) is 16.0. The summed E-state index contributed by atoms with van der Waals surface area (Å²) >= 11 is 12.3. The van der Waals surface area contributed by atoms with Gasteiger partial charge in [0.25, 0.3) is 10.0 Å². The third-order valence-electron chi connectivity index (χ3n) is 6.19. The minimum absolute atomic E-state index is 0.00462. The number of nitrogens with one attached hydrogen (secondary N) is 1. The number of methoxy groups -OCH3 is 1. The second-order valence-electron chi connectivity index (χ2n) is 8.80. The Labute approximate surface area is 238 Å². The van der Waals surface area contributed by atoms with E-state index in [0.29, 0.717) is 18.1 Å². The standard InChI is InChI=1S/C26H27Cl2N3O6S2/c1-37-25-13-11-21(38(33,34)30-14-6-3-7-15-30)17-23(25)29-26(32)18-31(24-12-10-19(27)16-22(24)28)39(35,36)20-8-4-2-5-9-20/h2,4-5,8-13,16-17H,3,6-7,14-15,18H2,1H3,(H,29,32). The molecule has 0 saturated carbocycles. The smallest absolute Gasteiger partial charge is 0.264 e. The Balaban J connectivity index is 1.67. The Morgan fingerprint density at radius 2 is 1.62 bits per heavy atom. The number of sulfonamides is 2. The highest BCUT2D eigenvalue weighted by Gasteiger charge is 2.30. The first-order chi connectivity index (χ1) is 18.5. The van der Waals surface area contributed by atoms with E-state index in [2.05, 4.69) is 5.32 Å². The van der Waals surface area contributed by atoms with Crippen molar-refractivity contribution in [3.05, 3.63) is 76.8 Å². The highest BCUT2D eigenvalue weighted by molar-refractivity contribution is 7.93. The van der Waals surface area contributed by atoms with Crippen LogP contribution in [0.2, 0.25) is 10.0 Å². The number of benzene rings is 3. The summed E-state index contributed by atoms with van der Waals surface area (Å²) in [5.41, 5.74) is 0.133. The number of carbonyl (C=O) groups is 1. The van der Waals surface area contributed by atoms with Crippen molar-refractivity contribution in [3.63, 3.8) is 0 Å². The van der Waals surface area contributed by atoms with Gasteiger partial charge in [0.2, 0.25) is 15.9 Å². The van der Waals surface area contributed by atoms with Crippen LogP contribution in [-0.4, -0.2) is 53.8 Å². The lowest BCUT2D eigenvalue weighted by atomic mass is 10.2. The normalized spacial score (nSPS) is 14.5. The number of ether oxygens (including phenoxy) is 1. The van der Waals surface area contributed by atoms with Gasteiger partial charge in [0.05, 0.1) is 33.3 Å². The van der Waals surface area contributed by atoms with Crippen molar-refractivity contribution in [2.45, 2.75) is 29.1 Å². The van der Waals surface area contributed by atoms with Gasteiger partial charge in [-0.05, 0) is 61.4 Å². The number of halogens is 2. The molecule has 0 atom stereocenters. The second kappa shape index (κ2) is 12.1. The van der Waals surface area contributed by atoms with Crippen molar-refractivity contribution in [2.75, 3.05) is 36.4 Å². The molecule has 1 saturated heterocycles. The van der Waals surface area contributed by atoms with Crippen LogP contribution >= 0.6 is 23.2 Å². The molecule has 0 unspecified atom stereocenters. The van der Waals surface area contributed by atoms with Crippen molar-refractivity contribution in [3.8, 4) is 5.75 Å². The molecule has 1 heterocycles. The fraction of sp³-hybridized carbons (Fsp3) is 0.269.